The number of aliphatic hydroxyl groups is 1. The van der Waals surface area contributed by atoms with E-state index in [1.165, 1.54) is 26.1 Å². The van der Waals surface area contributed by atoms with Crippen molar-refractivity contribution in [2.24, 2.45) is 11.7 Å². The van der Waals surface area contributed by atoms with Gasteiger partial charge in [-0.1, -0.05) is 82.5 Å². The lowest BCUT2D eigenvalue weighted by Gasteiger charge is -2.42. The zero-order chi connectivity index (χ0) is 53.9. The Hall–Kier alpha value is -7.10. The number of hydrogen-bond donors (Lipinski definition) is 10. The molecule has 2 aromatic rings. The van der Waals surface area contributed by atoms with Gasteiger partial charge in [0.1, 0.15) is 48.1 Å². The third kappa shape index (κ3) is 17.6. The number of Topliss-reactive ketones (excluding diaryl/α,β-unsaturated/α-hetero) is 1. The van der Waals surface area contributed by atoms with Crippen LogP contribution in [-0.4, -0.2) is 146 Å². The van der Waals surface area contributed by atoms with Crippen LogP contribution in [0.15, 0.2) is 54.6 Å². The number of nitrogens with two attached hydrogens (primary N) is 1. The van der Waals surface area contributed by atoms with Crippen LogP contribution in [0.3, 0.4) is 0 Å². The highest BCUT2D eigenvalue weighted by Gasteiger charge is 2.46. The zero-order valence-corrected chi connectivity index (χ0v) is 42.3. The largest absolute Gasteiger partial charge is 0.508 e. The molecule has 11 N–H and O–H groups in total. The smallest absolute Gasteiger partial charge is 0.329 e. The monoisotopic (exact) mass is 1020 g/mol. The SMILES string of the molecule is CCCCCC(=O)NC(CC(=O)O)C(=O)NC1C(=O)NC(CCCCC(=N)N)C(=O)NC2CCC(O)C(C2=O)N(Cc2ccccc2)C(=O)N(C)C(CCc2ccc(O)cc2)C(=O)NC(C(C)C)C(=O)OC1C. The second-order valence-corrected chi connectivity index (χ2v) is 19.1. The fraction of sp³-hybridized carbons (Fsp3) is 0.569. The number of urea groups is 1. The Morgan fingerprint density at radius 2 is 1.53 bits per heavy atom. The van der Waals surface area contributed by atoms with Crippen molar-refractivity contribution in [2.45, 2.75) is 172 Å². The molecule has 7 amide bonds. The zero-order valence-electron chi connectivity index (χ0n) is 42.3. The Kier molecular flexibility index (Phi) is 22.6. The Labute approximate surface area is 425 Å². The number of carbonyl (C=O) groups excluding carboxylic acids is 8. The molecule has 1 saturated heterocycles. The van der Waals surface area contributed by atoms with Crippen LogP contribution in [0.1, 0.15) is 116 Å². The van der Waals surface area contributed by atoms with Gasteiger partial charge in [0.25, 0.3) is 0 Å². The van der Waals surface area contributed by atoms with E-state index in [1.54, 1.807) is 56.3 Å². The summed E-state index contributed by atoms with van der Waals surface area (Å²) in [5.41, 5.74) is 6.83. The number of esters is 1. The Morgan fingerprint density at radius 3 is 2.16 bits per heavy atom. The van der Waals surface area contributed by atoms with Crippen LogP contribution in [-0.2, 0) is 56.1 Å². The van der Waals surface area contributed by atoms with Gasteiger partial charge in [-0.3, -0.25) is 39.0 Å². The lowest BCUT2D eigenvalue weighted by Crippen LogP contribution is -2.64. The van der Waals surface area contributed by atoms with Gasteiger partial charge in [0.05, 0.1) is 24.4 Å². The number of aryl methyl sites for hydroxylation is 1. The lowest BCUT2D eigenvalue weighted by atomic mass is 9.85. The number of nitrogens with one attached hydrogen (secondary N) is 6. The molecule has 2 aromatic carbocycles. The van der Waals surface area contributed by atoms with Gasteiger partial charge >= 0.3 is 18.0 Å². The van der Waals surface area contributed by atoms with Gasteiger partial charge in [-0.05, 0) is 81.0 Å². The molecular formula is C51H73N9O13. The number of benzene rings is 2. The van der Waals surface area contributed by atoms with Crippen LogP contribution in [0.2, 0.25) is 0 Å². The van der Waals surface area contributed by atoms with E-state index in [0.717, 1.165) is 16.2 Å². The maximum absolute atomic E-state index is 15.0. The van der Waals surface area contributed by atoms with Crippen LogP contribution in [0, 0.1) is 11.3 Å². The molecule has 22 nitrogen and oxygen atoms in total. The number of aliphatic hydroxyl groups excluding tert-OH is 1. The van der Waals surface area contributed by atoms with Crippen LogP contribution < -0.4 is 32.3 Å². The van der Waals surface area contributed by atoms with Crippen molar-refractivity contribution in [1.29, 1.82) is 5.41 Å². The molecule has 1 aliphatic carbocycles. The first kappa shape index (κ1) is 58.5. The van der Waals surface area contributed by atoms with Crippen LogP contribution in [0.5, 0.6) is 5.75 Å². The summed E-state index contributed by atoms with van der Waals surface area (Å²) in [7, 11) is 1.35. The molecular weight excluding hydrogens is 947 g/mol. The Balaban J connectivity index is 1.86. The van der Waals surface area contributed by atoms with E-state index in [0.29, 0.717) is 30.4 Å². The number of phenols is 1. The molecule has 0 aromatic heterocycles. The Morgan fingerprint density at radius 1 is 0.863 bits per heavy atom. The van der Waals surface area contributed by atoms with Gasteiger partial charge in [-0.25, -0.2) is 9.59 Å². The number of cyclic esters (lactones) is 1. The molecule has 73 heavy (non-hydrogen) atoms. The number of likely N-dealkylation sites (N-methyl/N-ethyl adjacent to an activating group) is 1. The van der Waals surface area contributed by atoms with E-state index in [2.05, 4.69) is 26.6 Å². The summed E-state index contributed by atoms with van der Waals surface area (Å²) in [6, 6.07) is 3.23. The van der Waals surface area contributed by atoms with Gasteiger partial charge in [-0.15, -0.1) is 0 Å². The molecule has 2 bridgehead atoms. The van der Waals surface area contributed by atoms with Crippen molar-refractivity contribution >= 4 is 59.1 Å². The molecule has 9 atom stereocenters. The number of aromatic hydroxyl groups is 1. The highest BCUT2D eigenvalue weighted by molar-refractivity contribution is 6.00. The molecule has 2 fully saturated rings. The normalized spacial score (nSPS) is 23.9. The van der Waals surface area contributed by atoms with Crippen molar-refractivity contribution in [3.8, 4) is 5.75 Å². The molecule has 1 saturated carbocycles. The summed E-state index contributed by atoms with van der Waals surface area (Å²) in [5.74, 6) is -8.65. The number of rotatable bonds is 20. The van der Waals surface area contributed by atoms with E-state index in [9.17, 15) is 53.7 Å². The van der Waals surface area contributed by atoms with E-state index in [4.69, 9.17) is 15.9 Å². The lowest BCUT2D eigenvalue weighted by molar-refractivity contribution is -0.157. The number of ether oxygens (including phenoxy) is 1. The minimum Gasteiger partial charge on any atom is -0.508 e. The van der Waals surface area contributed by atoms with Gasteiger partial charge in [0, 0.05) is 26.4 Å². The van der Waals surface area contributed by atoms with E-state index >= 15 is 4.79 Å². The molecule has 400 valence electrons. The predicted octanol–water partition coefficient (Wildman–Crippen LogP) is 1.92. The van der Waals surface area contributed by atoms with Crippen molar-refractivity contribution in [2.75, 3.05) is 7.05 Å². The summed E-state index contributed by atoms with van der Waals surface area (Å²) < 4.78 is 5.85. The van der Waals surface area contributed by atoms with E-state index in [1.807, 2.05) is 6.92 Å². The predicted molar refractivity (Wildman–Crippen MR) is 266 cm³/mol. The van der Waals surface area contributed by atoms with Crippen molar-refractivity contribution in [3.63, 3.8) is 0 Å². The van der Waals surface area contributed by atoms with Crippen molar-refractivity contribution in [1.82, 2.24) is 36.4 Å². The fourth-order valence-corrected chi connectivity index (χ4v) is 8.78. The minimum absolute atomic E-state index is 0.000836. The number of carbonyl (C=O) groups is 9. The number of aliphatic carboxylic acids is 1. The molecule has 2 aliphatic rings. The number of unbranched alkanes of at least 4 members (excludes halogenated alkanes) is 3. The minimum atomic E-state index is -1.87. The van der Waals surface area contributed by atoms with Crippen LogP contribution in [0.25, 0.3) is 0 Å². The second kappa shape index (κ2) is 28.2. The molecule has 22 heteroatoms. The standard InChI is InChI=1S/C51H73N9O13/c1-6-7-9-18-40(63)54-36(27-41(64)65)47(68)58-43-30(4)73-50(71)42(29(2)3)57-48(69)37(25-21-31-19-22-33(61)23-20-31)59(5)51(72)60(28-32-14-10-8-11-15-32)44-38(62)26-24-34(45(44)66)55-46(67)35(56-49(43)70)16-12-13-17-39(52)53/h8,10-11,14-15,19-20,22-23,29-30,34-38,42-44,61-62H,6-7,9,12-13,16-18,21,24-28H2,1-5H3,(H3,52,53)(H,54,63)(H,55,67)(H,56,70)(H,57,69)(H,58,68)(H,64,65). The maximum Gasteiger partial charge on any atom is 0.329 e. The summed E-state index contributed by atoms with van der Waals surface area (Å²) in [6.07, 6.45) is -1.49. The van der Waals surface area contributed by atoms with Crippen molar-refractivity contribution in [3.05, 3.63) is 65.7 Å². The molecule has 0 spiro atoms. The number of carboxylic acids is 1. The van der Waals surface area contributed by atoms with Crippen LogP contribution in [0.4, 0.5) is 4.79 Å². The number of amides is 7. The first-order valence-corrected chi connectivity index (χ1v) is 24.9. The number of amidine groups is 1. The topological polar surface area (TPSA) is 340 Å². The molecule has 9 unspecified atom stereocenters. The fourth-order valence-electron chi connectivity index (χ4n) is 8.78. The quantitative estimate of drug-likeness (QED) is 0.0392. The average molecular weight is 1020 g/mol. The number of nitrogens with zero attached hydrogens (tertiary/aromatic N) is 2. The highest BCUT2D eigenvalue weighted by Crippen LogP contribution is 2.26. The van der Waals surface area contributed by atoms with E-state index in [-0.39, 0.29) is 69.5 Å². The van der Waals surface area contributed by atoms with Gasteiger partial charge in [-0.2, -0.15) is 0 Å². The third-order valence-electron chi connectivity index (χ3n) is 13.0. The summed E-state index contributed by atoms with van der Waals surface area (Å²) >= 11 is 0. The Bertz CT molecular complexity index is 2260. The number of fused-ring (bicyclic) bond motifs is 2. The average Bonchev–Trinajstić information content (AvgIpc) is 3.33. The highest BCUT2D eigenvalue weighted by atomic mass is 16.5. The maximum atomic E-state index is 15.0. The second-order valence-electron chi connectivity index (χ2n) is 19.1. The number of carboxylic acid groups (broad SMARTS) is 1. The van der Waals surface area contributed by atoms with Gasteiger partial charge in [0.2, 0.25) is 29.5 Å². The number of ketones is 1. The molecule has 0 radical (unpaired) electrons. The molecule has 4 rings (SSSR count). The molecule has 1 aliphatic heterocycles. The number of hydrogen-bond acceptors (Lipinski definition) is 13. The number of phenolic OH excluding ortho intramolecular Hbond substituents is 1. The summed E-state index contributed by atoms with van der Waals surface area (Å²) in [6.45, 7) is 6.15. The van der Waals surface area contributed by atoms with E-state index < -0.39 is 120 Å². The third-order valence-corrected chi connectivity index (χ3v) is 13.0. The van der Waals surface area contributed by atoms with Gasteiger partial charge < -0.3 is 62.2 Å². The summed E-state index contributed by atoms with van der Waals surface area (Å²) in [5, 5.41) is 51.8. The first-order valence-electron chi connectivity index (χ1n) is 24.9. The first-order chi connectivity index (χ1) is 34.6. The summed E-state index contributed by atoms with van der Waals surface area (Å²) in [4.78, 5) is 129. The van der Waals surface area contributed by atoms with Gasteiger partial charge in [0.15, 0.2) is 5.78 Å². The van der Waals surface area contributed by atoms with Crippen LogP contribution >= 0.6 is 0 Å². The van der Waals surface area contributed by atoms with Crippen molar-refractivity contribution < 1.29 is 63.2 Å². The molecule has 1 heterocycles.